The van der Waals surface area contributed by atoms with E-state index in [4.69, 9.17) is 10.5 Å². The highest BCUT2D eigenvalue weighted by Gasteiger charge is 2.32. The van der Waals surface area contributed by atoms with Crippen molar-refractivity contribution in [3.8, 4) is 0 Å². The minimum Gasteiger partial charge on any atom is -0.376 e. The monoisotopic (exact) mass is 402 g/mol. The Bertz CT molecular complexity index is 531. The van der Waals surface area contributed by atoms with Crippen LogP contribution in [0.1, 0.15) is 24.6 Å². The third-order valence-corrected chi connectivity index (χ3v) is 4.74. The Morgan fingerprint density at radius 2 is 2.30 bits per heavy atom. The fourth-order valence-electron chi connectivity index (χ4n) is 2.66. The lowest BCUT2D eigenvalue weighted by Crippen LogP contribution is -2.41. The maximum Gasteiger partial charge on any atom is 0.192 e. The molecule has 2 N–H and O–H groups in total. The smallest absolute Gasteiger partial charge is 0.192 e. The number of halogens is 2. The standard InChI is InChI=1S/C13H16Br2N4O/c14-8-4-10(15)12(17-5-8)11-6-18-13(16)19(11)7-9-2-1-3-20-9/h4-5,9,11H,1-3,6-7H2,(H2,16,18). The first-order valence-electron chi connectivity index (χ1n) is 6.64. The highest BCUT2D eigenvalue weighted by atomic mass is 79.9. The molecule has 5 nitrogen and oxygen atoms in total. The molecule has 0 bridgehead atoms. The molecule has 1 fully saturated rings. The summed E-state index contributed by atoms with van der Waals surface area (Å²) in [5.74, 6) is 0.585. The molecule has 1 aromatic heterocycles. The van der Waals surface area contributed by atoms with Crippen LogP contribution in [0.4, 0.5) is 0 Å². The summed E-state index contributed by atoms with van der Waals surface area (Å²) < 4.78 is 7.63. The molecule has 108 valence electrons. The molecule has 0 radical (unpaired) electrons. The third kappa shape index (κ3) is 2.84. The summed E-state index contributed by atoms with van der Waals surface area (Å²) in [6, 6.07) is 2.09. The molecule has 2 atom stereocenters. The van der Waals surface area contributed by atoms with Crippen molar-refractivity contribution in [2.24, 2.45) is 10.7 Å². The number of aliphatic imine (C=N–C) groups is 1. The topological polar surface area (TPSA) is 63.7 Å². The largest absolute Gasteiger partial charge is 0.376 e. The van der Waals surface area contributed by atoms with E-state index in [2.05, 4.69) is 46.7 Å². The van der Waals surface area contributed by atoms with E-state index in [0.29, 0.717) is 12.5 Å². The minimum absolute atomic E-state index is 0.0849. The summed E-state index contributed by atoms with van der Waals surface area (Å²) in [4.78, 5) is 11.0. The lowest BCUT2D eigenvalue weighted by molar-refractivity contribution is 0.0848. The Kier molecular flexibility index (Phi) is 4.28. The van der Waals surface area contributed by atoms with Gasteiger partial charge >= 0.3 is 0 Å². The summed E-state index contributed by atoms with van der Waals surface area (Å²) in [5, 5.41) is 0. The molecule has 2 aliphatic rings. The average molecular weight is 404 g/mol. The SMILES string of the molecule is NC1=NCC(c2ncc(Br)cc2Br)N1CC1CCCO1. The first-order valence-corrected chi connectivity index (χ1v) is 8.23. The van der Waals surface area contributed by atoms with E-state index in [1.54, 1.807) is 6.20 Å². The number of ether oxygens (including phenoxy) is 1. The Labute approximate surface area is 134 Å². The quantitative estimate of drug-likeness (QED) is 0.841. The lowest BCUT2D eigenvalue weighted by atomic mass is 10.1. The second kappa shape index (κ2) is 5.99. The molecule has 2 aliphatic heterocycles. The van der Waals surface area contributed by atoms with Crippen molar-refractivity contribution in [1.29, 1.82) is 0 Å². The van der Waals surface area contributed by atoms with E-state index in [9.17, 15) is 0 Å². The van der Waals surface area contributed by atoms with Crippen molar-refractivity contribution in [1.82, 2.24) is 9.88 Å². The molecule has 7 heteroatoms. The molecule has 0 saturated carbocycles. The molecule has 1 saturated heterocycles. The van der Waals surface area contributed by atoms with Gasteiger partial charge in [0.15, 0.2) is 5.96 Å². The molecule has 3 heterocycles. The second-order valence-electron chi connectivity index (χ2n) is 5.02. The van der Waals surface area contributed by atoms with E-state index >= 15 is 0 Å². The molecule has 0 spiro atoms. The van der Waals surface area contributed by atoms with Crippen molar-refractivity contribution in [3.63, 3.8) is 0 Å². The van der Waals surface area contributed by atoms with E-state index in [-0.39, 0.29) is 12.1 Å². The third-order valence-electron chi connectivity index (χ3n) is 3.67. The molecule has 20 heavy (non-hydrogen) atoms. The van der Waals surface area contributed by atoms with Crippen molar-refractivity contribution in [3.05, 3.63) is 26.9 Å². The van der Waals surface area contributed by atoms with Crippen LogP contribution in [0.2, 0.25) is 0 Å². The van der Waals surface area contributed by atoms with Crippen LogP contribution < -0.4 is 5.73 Å². The second-order valence-corrected chi connectivity index (χ2v) is 6.79. The number of hydrogen-bond donors (Lipinski definition) is 1. The van der Waals surface area contributed by atoms with Gasteiger partial charge in [0.2, 0.25) is 0 Å². The van der Waals surface area contributed by atoms with Crippen LogP contribution >= 0.6 is 31.9 Å². The lowest BCUT2D eigenvalue weighted by Gasteiger charge is -2.28. The van der Waals surface area contributed by atoms with E-state index in [0.717, 1.165) is 40.6 Å². The molecule has 0 amide bonds. The highest BCUT2D eigenvalue weighted by Crippen LogP contribution is 2.32. The van der Waals surface area contributed by atoms with Gasteiger partial charge in [0, 0.05) is 28.3 Å². The van der Waals surface area contributed by atoms with Gasteiger partial charge in [0.1, 0.15) is 0 Å². The number of guanidine groups is 1. The van der Waals surface area contributed by atoms with Gasteiger partial charge in [-0.2, -0.15) is 0 Å². The average Bonchev–Trinajstić information content (AvgIpc) is 3.03. The van der Waals surface area contributed by atoms with Gasteiger partial charge < -0.3 is 15.4 Å². The maximum atomic E-state index is 6.03. The highest BCUT2D eigenvalue weighted by molar-refractivity contribution is 9.11. The van der Waals surface area contributed by atoms with E-state index < -0.39 is 0 Å². The van der Waals surface area contributed by atoms with Crippen LogP contribution in [0.25, 0.3) is 0 Å². The summed E-state index contributed by atoms with van der Waals surface area (Å²) in [6.07, 6.45) is 4.27. The normalized spacial score (nSPS) is 26.1. The molecule has 2 unspecified atom stereocenters. The molecule has 3 rings (SSSR count). The Hall–Kier alpha value is -0.660. The van der Waals surface area contributed by atoms with Crippen LogP contribution in [0.5, 0.6) is 0 Å². The Morgan fingerprint density at radius 3 is 3.00 bits per heavy atom. The number of nitrogens with two attached hydrogens (primary N) is 1. The van der Waals surface area contributed by atoms with Crippen LogP contribution in [0.3, 0.4) is 0 Å². The number of rotatable bonds is 3. The first-order chi connectivity index (χ1) is 9.65. The van der Waals surface area contributed by atoms with Crippen LogP contribution in [0, 0.1) is 0 Å². The van der Waals surface area contributed by atoms with Crippen molar-refractivity contribution >= 4 is 37.8 Å². The van der Waals surface area contributed by atoms with Crippen LogP contribution in [-0.4, -0.2) is 41.6 Å². The summed E-state index contributed by atoms with van der Waals surface area (Å²) in [7, 11) is 0. The van der Waals surface area contributed by atoms with Gasteiger partial charge in [-0.1, -0.05) is 0 Å². The zero-order chi connectivity index (χ0) is 14.1. The number of aromatic nitrogens is 1. The molecule has 0 aromatic carbocycles. The van der Waals surface area contributed by atoms with E-state index in [1.165, 1.54) is 0 Å². The van der Waals surface area contributed by atoms with Gasteiger partial charge in [-0.05, 0) is 50.8 Å². The fourth-order valence-corrected chi connectivity index (χ4v) is 3.91. The van der Waals surface area contributed by atoms with Gasteiger partial charge in [-0.15, -0.1) is 0 Å². The van der Waals surface area contributed by atoms with Crippen LogP contribution in [0.15, 0.2) is 26.2 Å². The van der Waals surface area contributed by atoms with Crippen molar-refractivity contribution in [2.75, 3.05) is 19.7 Å². The van der Waals surface area contributed by atoms with Gasteiger partial charge in [0.05, 0.1) is 24.4 Å². The predicted molar refractivity (Wildman–Crippen MR) is 84.5 cm³/mol. The van der Waals surface area contributed by atoms with Crippen LogP contribution in [-0.2, 0) is 4.74 Å². The molecule has 1 aromatic rings. The van der Waals surface area contributed by atoms with Gasteiger partial charge in [0.25, 0.3) is 0 Å². The summed E-state index contributed by atoms with van der Waals surface area (Å²) in [6.45, 7) is 2.27. The van der Waals surface area contributed by atoms with Gasteiger partial charge in [-0.3, -0.25) is 9.98 Å². The van der Waals surface area contributed by atoms with Crippen molar-refractivity contribution < 1.29 is 4.74 Å². The van der Waals surface area contributed by atoms with Gasteiger partial charge in [-0.25, -0.2) is 0 Å². The minimum atomic E-state index is 0.0849. The fraction of sp³-hybridized carbons (Fsp3) is 0.538. The van der Waals surface area contributed by atoms with Crippen molar-refractivity contribution in [2.45, 2.75) is 25.0 Å². The number of hydrogen-bond acceptors (Lipinski definition) is 5. The Balaban J connectivity index is 1.80. The maximum absolute atomic E-state index is 6.03. The Morgan fingerprint density at radius 1 is 1.45 bits per heavy atom. The number of pyridine rings is 1. The van der Waals surface area contributed by atoms with E-state index in [1.807, 2.05) is 6.07 Å². The molecular weight excluding hydrogens is 388 g/mol. The first kappa shape index (κ1) is 14.3. The number of nitrogens with zero attached hydrogens (tertiary/aromatic N) is 3. The zero-order valence-corrected chi connectivity index (χ0v) is 14.1. The molecular formula is C13H16Br2N4O. The zero-order valence-electron chi connectivity index (χ0n) is 10.9. The summed E-state index contributed by atoms with van der Waals surface area (Å²) in [5.41, 5.74) is 7.00. The summed E-state index contributed by atoms with van der Waals surface area (Å²) >= 11 is 7.00. The molecule has 0 aliphatic carbocycles. The predicted octanol–water partition coefficient (Wildman–Crippen LogP) is 2.46.